The molecule has 0 saturated carbocycles. The molecule has 7 heteroatoms. The van der Waals surface area contributed by atoms with E-state index in [2.05, 4.69) is 36.6 Å². The lowest BCUT2D eigenvalue weighted by Gasteiger charge is -2.12. The van der Waals surface area contributed by atoms with Gasteiger partial charge in [-0.3, -0.25) is 0 Å². The van der Waals surface area contributed by atoms with Gasteiger partial charge in [0.05, 0.1) is 5.69 Å². The van der Waals surface area contributed by atoms with Crippen molar-refractivity contribution in [1.29, 1.82) is 0 Å². The van der Waals surface area contributed by atoms with E-state index in [-0.39, 0.29) is 5.69 Å². The van der Waals surface area contributed by atoms with Crippen LogP contribution in [0.3, 0.4) is 0 Å². The summed E-state index contributed by atoms with van der Waals surface area (Å²) in [6, 6.07) is 2.61. The summed E-state index contributed by atoms with van der Waals surface area (Å²) in [7, 11) is 0. The second-order valence-corrected chi connectivity index (χ2v) is 4.08. The van der Waals surface area contributed by atoms with Gasteiger partial charge >= 0.3 is 6.36 Å². The van der Waals surface area contributed by atoms with Crippen molar-refractivity contribution in [1.82, 2.24) is 0 Å². The van der Waals surface area contributed by atoms with Crippen LogP contribution in [0.5, 0.6) is 5.75 Å². The van der Waals surface area contributed by atoms with Gasteiger partial charge in [0.1, 0.15) is 0 Å². The maximum atomic E-state index is 11.9. The molecule has 0 fully saturated rings. The molecule has 0 aliphatic heterocycles. The average Bonchev–Trinajstić information content (AvgIpc) is 2.08. The highest BCUT2D eigenvalue weighted by Crippen LogP contribution is 2.34. The Labute approximate surface area is 101 Å². The predicted octanol–water partition coefficient (Wildman–Crippen LogP) is 3.82. The summed E-state index contributed by atoms with van der Waals surface area (Å²) >= 11 is 6.30. The third-order valence-corrected chi connectivity index (χ3v) is 2.89. The number of alkyl halides is 4. The minimum atomic E-state index is -4.73. The first kappa shape index (κ1) is 12.6. The lowest BCUT2D eigenvalue weighted by atomic mass is 10.2. The first-order valence-corrected chi connectivity index (χ1v) is 5.64. The standard InChI is InChI=1S/C8H6Br2F3NO/c9-3-4-1-6(14)7(2-5(4)10)15-8(11,12)13/h1-2H,3,14H2. The lowest BCUT2D eigenvalue weighted by Crippen LogP contribution is -2.18. The van der Waals surface area contributed by atoms with Crippen LogP contribution in [0.25, 0.3) is 0 Å². The van der Waals surface area contributed by atoms with Crippen molar-refractivity contribution in [3.63, 3.8) is 0 Å². The fraction of sp³-hybridized carbons (Fsp3) is 0.250. The van der Waals surface area contributed by atoms with Gasteiger partial charge in [0, 0.05) is 9.80 Å². The van der Waals surface area contributed by atoms with E-state index in [0.717, 1.165) is 5.56 Å². The van der Waals surface area contributed by atoms with E-state index < -0.39 is 12.1 Å². The highest BCUT2D eigenvalue weighted by atomic mass is 79.9. The molecule has 0 heterocycles. The molecule has 0 bridgehead atoms. The van der Waals surface area contributed by atoms with Crippen LogP contribution in [0.4, 0.5) is 18.9 Å². The van der Waals surface area contributed by atoms with Gasteiger partial charge in [-0.15, -0.1) is 13.2 Å². The Kier molecular flexibility index (Phi) is 3.88. The van der Waals surface area contributed by atoms with E-state index in [4.69, 9.17) is 5.73 Å². The number of nitrogens with two attached hydrogens (primary N) is 1. The average molecular weight is 349 g/mol. The van der Waals surface area contributed by atoms with Gasteiger partial charge in [0.2, 0.25) is 0 Å². The predicted molar refractivity (Wildman–Crippen MR) is 57.9 cm³/mol. The van der Waals surface area contributed by atoms with E-state index >= 15 is 0 Å². The molecule has 0 aliphatic rings. The molecule has 2 nitrogen and oxygen atoms in total. The number of nitrogen functional groups attached to an aromatic ring is 1. The Morgan fingerprint density at radius 1 is 1.33 bits per heavy atom. The number of benzene rings is 1. The molecule has 1 aromatic carbocycles. The van der Waals surface area contributed by atoms with Gasteiger partial charge in [-0.25, -0.2) is 0 Å². The zero-order valence-electron chi connectivity index (χ0n) is 7.24. The molecule has 1 aromatic rings. The van der Waals surface area contributed by atoms with Crippen LogP contribution in [-0.4, -0.2) is 6.36 Å². The van der Waals surface area contributed by atoms with E-state index in [1.54, 1.807) is 0 Å². The van der Waals surface area contributed by atoms with Crippen molar-refractivity contribution < 1.29 is 17.9 Å². The Bertz CT molecular complexity index is 368. The molecule has 0 aromatic heterocycles. The summed E-state index contributed by atoms with van der Waals surface area (Å²) < 4.78 is 40.0. The molecule has 0 aliphatic carbocycles. The van der Waals surface area contributed by atoms with Crippen molar-refractivity contribution in [2.24, 2.45) is 0 Å². The second-order valence-electron chi connectivity index (χ2n) is 2.66. The second kappa shape index (κ2) is 4.61. The Morgan fingerprint density at radius 3 is 2.40 bits per heavy atom. The van der Waals surface area contributed by atoms with E-state index in [0.29, 0.717) is 9.80 Å². The number of ether oxygens (including phenoxy) is 1. The normalized spacial score (nSPS) is 11.5. The van der Waals surface area contributed by atoms with Crippen LogP contribution in [0, 0.1) is 0 Å². The molecule has 1 rings (SSSR count). The Morgan fingerprint density at radius 2 is 1.93 bits per heavy atom. The SMILES string of the molecule is Nc1cc(CBr)c(Br)cc1OC(F)(F)F. The van der Waals surface area contributed by atoms with Crippen LogP contribution in [0.15, 0.2) is 16.6 Å². The van der Waals surface area contributed by atoms with Crippen LogP contribution >= 0.6 is 31.9 Å². The van der Waals surface area contributed by atoms with Crippen molar-refractivity contribution in [3.8, 4) is 5.75 Å². The van der Waals surface area contributed by atoms with Crippen LogP contribution in [-0.2, 0) is 5.33 Å². The largest absolute Gasteiger partial charge is 0.573 e. The summed E-state index contributed by atoms with van der Waals surface area (Å²) in [6.45, 7) is 0. The molecule has 2 N–H and O–H groups in total. The zero-order valence-corrected chi connectivity index (χ0v) is 10.4. The first-order chi connectivity index (χ1) is 6.83. The lowest BCUT2D eigenvalue weighted by molar-refractivity contribution is -0.274. The van der Waals surface area contributed by atoms with E-state index in [9.17, 15) is 13.2 Å². The van der Waals surface area contributed by atoms with Crippen molar-refractivity contribution in [2.75, 3.05) is 5.73 Å². The number of halogens is 5. The minimum Gasteiger partial charge on any atom is -0.404 e. The smallest absolute Gasteiger partial charge is 0.404 e. The third-order valence-electron chi connectivity index (χ3n) is 1.55. The van der Waals surface area contributed by atoms with Gasteiger partial charge in [-0.2, -0.15) is 0 Å². The molecule has 0 saturated heterocycles. The molecule has 0 unspecified atom stereocenters. The van der Waals surface area contributed by atoms with Gasteiger partial charge in [-0.05, 0) is 17.7 Å². The van der Waals surface area contributed by atoms with Crippen LogP contribution in [0.2, 0.25) is 0 Å². The highest BCUT2D eigenvalue weighted by Gasteiger charge is 2.32. The van der Waals surface area contributed by atoms with Crippen LogP contribution in [0.1, 0.15) is 5.56 Å². The topological polar surface area (TPSA) is 35.2 Å². The molecular formula is C8H6Br2F3NO. The summed E-state index contributed by atoms with van der Waals surface area (Å²) in [4.78, 5) is 0. The van der Waals surface area contributed by atoms with Crippen molar-refractivity contribution >= 4 is 37.5 Å². The van der Waals surface area contributed by atoms with Gasteiger partial charge in [0.25, 0.3) is 0 Å². The van der Waals surface area contributed by atoms with Gasteiger partial charge in [-0.1, -0.05) is 31.9 Å². The summed E-state index contributed by atoms with van der Waals surface area (Å²) in [5.41, 5.74) is 6.11. The van der Waals surface area contributed by atoms with Gasteiger partial charge in [0.15, 0.2) is 5.75 Å². The number of rotatable bonds is 2. The Balaban J connectivity index is 3.05. The van der Waals surface area contributed by atoms with Crippen LogP contribution < -0.4 is 10.5 Å². The molecule has 84 valence electrons. The van der Waals surface area contributed by atoms with E-state index in [1.165, 1.54) is 12.1 Å². The molecule has 0 radical (unpaired) electrons. The molecule has 0 atom stereocenters. The minimum absolute atomic E-state index is 0.0509. The quantitative estimate of drug-likeness (QED) is 0.651. The highest BCUT2D eigenvalue weighted by molar-refractivity contribution is 9.10. The van der Waals surface area contributed by atoms with Crippen molar-refractivity contribution in [2.45, 2.75) is 11.7 Å². The molecule has 0 amide bonds. The number of anilines is 1. The number of hydrogen-bond acceptors (Lipinski definition) is 2. The monoisotopic (exact) mass is 347 g/mol. The summed E-state index contributed by atoms with van der Waals surface area (Å²) in [5.74, 6) is -0.404. The van der Waals surface area contributed by atoms with E-state index in [1.807, 2.05) is 0 Å². The van der Waals surface area contributed by atoms with Gasteiger partial charge < -0.3 is 10.5 Å². The number of hydrogen-bond donors (Lipinski definition) is 1. The summed E-state index contributed by atoms with van der Waals surface area (Å²) in [6.07, 6.45) is -4.73. The van der Waals surface area contributed by atoms with Crippen molar-refractivity contribution in [3.05, 3.63) is 22.2 Å². The maximum absolute atomic E-state index is 11.9. The third kappa shape index (κ3) is 3.57. The molecule has 0 spiro atoms. The Hall–Kier alpha value is -0.430. The first-order valence-electron chi connectivity index (χ1n) is 3.73. The maximum Gasteiger partial charge on any atom is 0.573 e. The molecular weight excluding hydrogens is 343 g/mol. The fourth-order valence-corrected chi connectivity index (χ4v) is 2.24. The fourth-order valence-electron chi connectivity index (χ4n) is 0.934. The molecule has 15 heavy (non-hydrogen) atoms. The zero-order chi connectivity index (χ0) is 11.6. The summed E-state index contributed by atoms with van der Waals surface area (Å²) in [5, 5.41) is 0.490.